The fourth-order valence-electron chi connectivity index (χ4n) is 2.88. The molecule has 2 aliphatic heterocycles. The number of piperidine rings is 1. The molecule has 0 bridgehead atoms. The zero-order chi connectivity index (χ0) is 14.6. The number of rotatable bonds is 3. The van der Waals surface area contributed by atoms with Crippen LogP contribution in [-0.2, 0) is 19.1 Å². The second-order valence-electron chi connectivity index (χ2n) is 5.61. The van der Waals surface area contributed by atoms with Crippen LogP contribution in [0.2, 0.25) is 0 Å². The van der Waals surface area contributed by atoms with E-state index in [2.05, 4.69) is 0 Å². The van der Waals surface area contributed by atoms with Crippen molar-refractivity contribution < 1.29 is 19.1 Å². The maximum absolute atomic E-state index is 12.6. The first-order chi connectivity index (χ1) is 9.57. The summed E-state index contributed by atoms with van der Waals surface area (Å²) >= 11 is 0. The van der Waals surface area contributed by atoms with Crippen LogP contribution in [0.15, 0.2) is 0 Å². The number of amides is 1. The van der Waals surface area contributed by atoms with Gasteiger partial charge >= 0.3 is 5.97 Å². The lowest BCUT2D eigenvalue weighted by molar-refractivity contribution is -0.153. The van der Waals surface area contributed by atoms with E-state index >= 15 is 0 Å². The molecule has 0 saturated carbocycles. The molecule has 2 saturated heterocycles. The van der Waals surface area contributed by atoms with Crippen LogP contribution in [0.5, 0.6) is 0 Å². The summed E-state index contributed by atoms with van der Waals surface area (Å²) in [7, 11) is 0. The summed E-state index contributed by atoms with van der Waals surface area (Å²) in [6, 6.07) is 0. The van der Waals surface area contributed by atoms with E-state index in [9.17, 15) is 9.59 Å². The second-order valence-corrected chi connectivity index (χ2v) is 5.61. The molecule has 21 heavy (non-hydrogen) atoms. The number of hydrogen-bond acceptors (Lipinski definition) is 5. The van der Waals surface area contributed by atoms with E-state index in [0.717, 1.165) is 12.8 Å². The van der Waals surface area contributed by atoms with Crippen LogP contribution in [0.4, 0.5) is 0 Å². The van der Waals surface area contributed by atoms with E-state index in [1.165, 1.54) is 0 Å². The molecule has 1 atom stereocenters. The maximum Gasteiger partial charge on any atom is 0.310 e. The number of nitrogens with two attached hydrogens (primary N) is 1. The van der Waals surface area contributed by atoms with Crippen molar-refractivity contribution in [2.24, 2.45) is 11.7 Å². The van der Waals surface area contributed by atoms with Crippen LogP contribution in [0, 0.1) is 5.92 Å². The van der Waals surface area contributed by atoms with Crippen molar-refractivity contribution in [2.45, 2.75) is 38.1 Å². The molecule has 6 nitrogen and oxygen atoms in total. The average Bonchev–Trinajstić information content (AvgIpc) is 2.47. The molecular formula is C14H25ClN2O4. The Morgan fingerprint density at radius 3 is 2.67 bits per heavy atom. The van der Waals surface area contributed by atoms with E-state index in [4.69, 9.17) is 15.2 Å². The van der Waals surface area contributed by atoms with Gasteiger partial charge in [-0.25, -0.2) is 0 Å². The van der Waals surface area contributed by atoms with Crippen LogP contribution in [0.3, 0.4) is 0 Å². The fourth-order valence-corrected chi connectivity index (χ4v) is 2.88. The van der Waals surface area contributed by atoms with Crippen LogP contribution >= 0.6 is 12.4 Å². The normalized spacial score (nSPS) is 24.9. The molecular weight excluding hydrogens is 296 g/mol. The minimum absolute atomic E-state index is 0. The summed E-state index contributed by atoms with van der Waals surface area (Å²) < 4.78 is 10.3. The number of carbonyl (C=O) groups is 2. The number of halogens is 1. The first-order valence-corrected chi connectivity index (χ1v) is 7.39. The van der Waals surface area contributed by atoms with Gasteiger partial charge in [-0.05, 0) is 32.6 Å². The standard InChI is InChI=1S/C14H24N2O4.ClH/c1-2-20-12(17)11-4-3-7-16(10-11)13(18)14(15)5-8-19-9-6-14;/h11H,2-10,15H2,1H3;1H. The van der Waals surface area contributed by atoms with Crippen LogP contribution in [-0.4, -0.2) is 55.2 Å². The molecule has 2 heterocycles. The third kappa shape index (κ3) is 4.31. The summed E-state index contributed by atoms with van der Waals surface area (Å²) in [5.74, 6) is -0.464. The molecule has 122 valence electrons. The summed E-state index contributed by atoms with van der Waals surface area (Å²) in [4.78, 5) is 26.1. The Hall–Kier alpha value is -0.850. The molecule has 0 aromatic rings. The summed E-state index contributed by atoms with van der Waals surface area (Å²) in [5, 5.41) is 0. The van der Waals surface area contributed by atoms with Gasteiger partial charge in [0.25, 0.3) is 0 Å². The molecule has 1 unspecified atom stereocenters. The van der Waals surface area contributed by atoms with Crippen molar-refractivity contribution in [2.75, 3.05) is 32.9 Å². The number of nitrogens with zero attached hydrogens (tertiary/aromatic N) is 1. The number of ether oxygens (including phenoxy) is 2. The third-order valence-electron chi connectivity index (χ3n) is 4.14. The van der Waals surface area contributed by atoms with Crippen molar-refractivity contribution in [3.8, 4) is 0 Å². The Labute approximate surface area is 131 Å². The first kappa shape index (κ1) is 18.2. The van der Waals surface area contributed by atoms with Gasteiger partial charge in [0.1, 0.15) is 0 Å². The molecule has 0 aromatic heterocycles. The Morgan fingerprint density at radius 2 is 2.05 bits per heavy atom. The number of carbonyl (C=O) groups excluding carboxylic acids is 2. The molecule has 1 amide bonds. The monoisotopic (exact) mass is 320 g/mol. The van der Waals surface area contributed by atoms with E-state index in [1.807, 2.05) is 0 Å². The number of esters is 1. The highest BCUT2D eigenvalue weighted by Gasteiger charge is 2.41. The van der Waals surface area contributed by atoms with E-state index in [1.54, 1.807) is 11.8 Å². The highest BCUT2D eigenvalue weighted by Crippen LogP contribution is 2.25. The van der Waals surface area contributed by atoms with Gasteiger partial charge in [0.2, 0.25) is 5.91 Å². The van der Waals surface area contributed by atoms with Crippen molar-refractivity contribution in [1.29, 1.82) is 0 Å². The van der Waals surface area contributed by atoms with Gasteiger partial charge < -0.3 is 20.1 Å². The number of likely N-dealkylation sites (tertiary alicyclic amines) is 1. The molecule has 7 heteroatoms. The quantitative estimate of drug-likeness (QED) is 0.775. The van der Waals surface area contributed by atoms with Gasteiger partial charge in [0, 0.05) is 26.3 Å². The summed E-state index contributed by atoms with van der Waals surface area (Å²) in [6.07, 6.45) is 2.70. The Balaban J connectivity index is 0.00000220. The highest BCUT2D eigenvalue weighted by atomic mass is 35.5. The molecule has 2 fully saturated rings. The van der Waals surface area contributed by atoms with E-state index in [0.29, 0.717) is 45.8 Å². The minimum Gasteiger partial charge on any atom is -0.466 e. The topological polar surface area (TPSA) is 81.9 Å². The summed E-state index contributed by atoms with van der Waals surface area (Å²) in [6.45, 7) is 4.32. The minimum atomic E-state index is -0.825. The third-order valence-corrected chi connectivity index (χ3v) is 4.14. The zero-order valence-corrected chi connectivity index (χ0v) is 13.3. The van der Waals surface area contributed by atoms with Crippen LogP contribution in [0.25, 0.3) is 0 Å². The van der Waals surface area contributed by atoms with Gasteiger partial charge in [-0.2, -0.15) is 0 Å². The zero-order valence-electron chi connectivity index (χ0n) is 12.5. The van der Waals surface area contributed by atoms with E-state index in [-0.39, 0.29) is 30.2 Å². The molecule has 2 rings (SSSR count). The van der Waals surface area contributed by atoms with Gasteiger partial charge in [-0.3, -0.25) is 9.59 Å². The lowest BCUT2D eigenvalue weighted by atomic mass is 9.88. The van der Waals surface area contributed by atoms with Crippen molar-refractivity contribution in [1.82, 2.24) is 4.90 Å². The lowest BCUT2D eigenvalue weighted by Gasteiger charge is -2.39. The second kappa shape index (κ2) is 7.96. The molecule has 0 aliphatic carbocycles. The predicted molar refractivity (Wildman–Crippen MR) is 80.2 cm³/mol. The molecule has 0 aromatic carbocycles. The summed E-state index contributed by atoms with van der Waals surface area (Å²) in [5.41, 5.74) is 5.40. The molecule has 2 N–H and O–H groups in total. The van der Waals surface area contributed by atoms with E-state index < -0.39 is 5.54 Å². The molecule has 2 aliphatic rings. The molecule has 0 spiro atoms. The largest absolute Gasteiger partial charge is 0.466 e. The van der Waals surface area contributed by atoms with Crippen LogP contribution < -0.4 is 5.73 Å². The van der Waals surface area contributed by atoms with Gasteiger partial charge in [-0.1, -0.05) is 0 Å². The number of hydrogen-bond donors (Lipinski definition) is 1. The SMILES string of the molecule is CCOC(=O)C1CCCN(C(=O)C2(N)CCOCC2)C1.Cl. The van der Waals surface area contributed by atoms with Crippen molar-refractivity contribution >= 4 is 24.3 Å². The van der Waals surface area contributed by atoms with Gasteiger partial charge in [-0.15, -0.1) is 12.4 Å². The Kier molecular flexibility index (Phi) is 6.90. The van der Waals surface area contributed by atoms with Crippen LogP contribution in [0.1, 0.15) is 32.6 Å². The smallest absolute Gasteiger partial charge is 0.310 e. The highest BCUT2D eigenvalue weighted by molar-refractivity contribution is 5.87. The van der Waals surface area contributed by atoms with Crippen molar-refractivity contribution in [3.63, 3.8) is 0 Å². The lowest BCUT2D eigenvalue weighted by Crippen LogP contribution is -2.59. The fraction of sp³-hybridized carbons (Fsp3) is 0.857. The van der Waals surface area contributed by atoms with Crippen molar-refractivity contribution in [3.05, 3.63) is 0 Å². The molecule has 0 radical (unpaired) electrons. The first-order valence-electron chi connectivity index (χ1n) is 7.39. The van der Waals surface area contributed by atoms with Gasteiger partial charge in [0.05, 0.1) is 18.1 Å². The van der Waals surface area contributed by atoms with Gasteiger partial charge in [0.15, 0.2) is 0 Å². The predicted octanol–water partition coefficient (Wildman–Crippen LogP) is 0.718. The average molecular weight is 321 g/mol. The Bertz CT molecular complexity index is 372. The maximum atomic E-state index is 12.6. The Morgan fingerprint density at radius 1 is 1.38 bits per heavy atom.